The van der Waals surface area contributed by atoms with Gasteiger partial charge in [-0.3, -0.25) is 10.1 Å². The zero-order chi connectivity index (χ0) is 10.6. The van der Waals surface area contributed by atoms with Crippen molar-refractivity contribution in [3.05, 3.63) is 16.3 Å². The molecule has 0 fully saturated rings. The minimum absolute atomic E-state index is 0.0168. The Morgan fingerprint density at radius 1 is 1.71 bits per heavy atom. The predicted octanol–water partition coefficient (Wildman–Crippen LogP) is 0.825. The summed E-state index contributed by atoms with van der Waals surface area (Å²) in [6.45, 7) is 2.05. The van der Waals surface area contributed by atoms with Gasteiger partial charge in [-0.15, -0.1) is 0 Å². The second-order valence-electron chi connectivity index (χ2n) is 2.32. The molecule has 7 nitrogen and oxygen atoms in total. The van der Waals surface area contributed by atoms with Crippen LogP contribution in [0, 0.1) is 10.1 Å². The molecular formula is C7H10N4O3. The number of ether oxygens (including phenoxy) is 1. The molecule has 76 valence electrons. The van der Waals surface area contributed by atoms with E-state index in [1.807, 2.05) is 0 Å². The average Bonchev–Trinajstić information content (AvgIpc) is 2.17. The first-order valence-electron chi connectivity index (χ1n) is 4.01. The monoisotopic (exact) mass is 198 g/mol. The summed E-state index contributed by atoms with van der Waals surface area (Å²) in [7, 11) is 1.62. The van der Waals surface area contributed by atoms with Gasteiger partial charge in [-0.1, -0.05) is 0 Å². The standard InChI is InChI=1S/C7H10N4O3/c1-3-14-6-5(11(12)13)4-9-7(8-2)10-6/h4H,3H2,1-2H3,(H,8,9,10). The Labute approximate surface area is 80.3 Å². The molecule has 1 aromatic rings. The van der Waals surface area contributed by atoms with Crippen LogP contribution in [0.5, 0.6) is 5.88 Å². The highest BCUT2D eigenvalue weighted by atomic mass is 16.6. The van der Waals surface area contributed by atoms with Gasteiger partial charge in [0.05, 0.1) is 11.5 Å². The molecule has 0 aromatic carbocycles. The highest BCUT2D eigenvalue weighted by Crippen LogP contribution is 2.23. The van der Waals surface area contributed by atoms with Crippen LogP contribution >= 0.6 is 0 Å². The van der Waals surface area contributed by atoms with Gasteiger partial charge < -0.3 is 10.1 Å². The molecule has 0 radical (unpaired) electrons. The number of nitrogens with zero attached hydrogens (tertiary/aromatic N) is 3. The number of hydrogen-bond donors (Lipinski definition) is 1. The van der Waals surface area contributed by atoms with Crippen molar-refractivity contribution in [1.82, 2.24) is 9.97 Å². The molecule has 0 saturated carbocycles. The van der Waals surface area contributed by atoms with E-state index in [1.165, 1.54) is 0 Å². The van der Waals surface area contributed by atoms with Crippen LogP contribution in [0.3, 0.4) is 0 Å². The van der Waals surface area contributed by atoms with Gasteiger partial charge in [-0.05, 0) is 6.92 Å². The Hall–Kier alpha value is -1.92. The van der Waals surface area contributed by atoms with Crippen LogP contribution in [-0.2, 0) is 0 Å². The van der Waals surface area contributed by atoms with Crippen LogP contribution in [0.2, 0.25) is 0 Å². The molecule has 1 N–H and O–H groups in total. The normalized spacial score (nSPS) is 9.57. The molecule has 1 rings (SSSR count). The summed E-state index contributed by atoms with van der Waals surface area (Å²) in [6, 6.07) is 0. The lowest BCUT2D eigenvalue weighted by atomic mass is 10.5. The molecule has 0 spiro atoms. The summed E-state index contributed by atoms with van der Waals surface area (Å²) in [5.41, 5.74) is -0.231. The van der Waals surface area contributed by atoms with Crippen LogP contribution < -0.4 is 10.1 Å². The van der Waals surface area contributed by atoms with Crippen LogP contribution in [0.25, 0.3) is 0 Å². The van der Waals surface area contributed by atoms with Gasteiger partial charge in [0.1, 0.15) is 6.20 Å². The number of hydrogen-bond acceptors (Lipinski definition) is 6. The van der Waals surface area contributed by atoms with Gasteiger partial charge in [0.15, 0.2) is 0 Å². The Morgan fingerprint density at radius 2 is 2.43 bits per heavy atom. The van der Waals surface area contributed by atoms with E-state index >= 15 is 0 Å². The molecule has 0 unspecified atom stereocenters. The lowest BCUT2D eigenvalue weighted by Gasteiger charge is -2.03. The summed E-state index contributed by atoms with van der Waals surface area (Å²) in [5.74, 6) is 0.274. The Balaban J connectivity index is 3.10. The van der Waals surface area contributed by atoms with Gasteiger partial charge >= 0.3 is 5.69 Å². The second-order valence-corrected chi connectivity index (χ2v) is 2.32. The third kappa shape index (κ3) is 2.06. The van der Waals surface area contributed by atoms with Gasteiger partial charge in [0.2, 0.25) is 5.95 Å². The Kier molecular flexibility index (Phi) is 3.16. The van der Waals surface area contributed by atoms with Gasteiger partial charge in [-0.2, -0.15) is 4.98 Å². The molecule has 0 amide bonds. The molecule has 0 aliphatic rings. The maximum atomic E-state index is 10.5. The van der Waals surface area contributed by atoms with Crippen molar-refractivity contribution in [3.8, 4) is 5.88 Å². The average molecular weight is 198 g/mol. The zero-order valence-electron chi connectivity index (χ0n) is 7.85. The lowest BCUT2D eigenvalue weighted by molar-refractivity contribution is -0.386. The van der Waals surface area contributed by atoms with Crippen LogP contribution in [-0.4, -0.2) is 28.5 Å². The molecule has 1 aromatic heterocycles. The number of anilines is 1. The quantitative estimate of drug-likeness (QED) is 0.569. The van der Waals surface area contributed by atoms with Crippen LogP contribution in [0.1, 0.15) is 6.92 Å². The first-order chi connectivity index (χ1) is 6.69. The van der Waals surface area contributed by atoms with Gasteiger partial charge in [0.25, 0.3) is 5.88 Å². The molecule has 7 heteroatoms. The molecule has 14 heavy (non-hydrogen) atoms. The van der Waals surface area contributed by atoms with Gasteiger partial charge in [0, 0.05) is 7.05 Å². The molecule has 0 atom stereocenters. The molecular weight excluding hydrogens is 188 g/mol. The summed E-state index contributed by atoms with van der Waals surface area (Å²) < 4.78 is 5.01. The van der Waals surface area contributed by atoms with E-state index in [0.29, 0.717) is 12.6 Å². The van der Waals surface area contributed by atoms with E-state index < -0.39 is 4.92 Å². The van der Waals surface area contributed by atoms with Crippen molar-refractivity contribution in [1.29, 1.82) is 0 Å². The minimum Gasteiger partial charge on any atom is -0.473 e. The zero-order valence-corrected chi connectivity index (χ0v) is 7.85. The topological polar surface area (TPSA) is 90.2 Å². The predicted molar refractivity (Wildman–Crippen MR) is 49.4 cm³/mol. The summed E-state index contributed by atoms with van der Waals surface area (Å²) in [6.07, 6.45) is 1.11. The highest BCUT2D eigenvalue weighted by Gasteiger charge is 2.17. The van der Waals surface area contributed by atoms with Crippen LogP contribution in [0.4, 0.5) is 11.6 Å². The van der Waals surface area contributed by atoms with E-state index in [1.54, 1.807) is 14.0 Å². The van der Waals surface area contributed by atoms with E-state index in [9.17, 15) is 10.1 Å². The first-order valence-corrected chi connectivity index (χ1v) is 4.01. The van der Waals surface area contributed by atoms with E-state index in [2.05, 4.69) is 15.3 Å². The number of aromatic nitrogens is 2. The van der Waals surface area contributed by atoms with Crippen molar-refractivity contribution in [2.45, 2.75) is 6.92 Å². The minimum atomic E-state index is -0.579. The number of nitrogens with one attached hydrogen (secondary N) is 1. The molecule has 0 saturated heterocycles. The number of nitro groups is 1. The Morgan fingerprint density at radius 3 is 2.93 bits per heavy atom. The largest absolute Gasteiger partial charge is 0.473 e. The maximum absolute atomic E-state index is 10.5. The van der Waals surface area contributed by atoms with Crippen molar-refractivity contribution >= 4 is 11.6 Å². The molecule has 0 aliphatic heterocycles. The smallest absolute Gasteiger partial charge is 0.349 e. The first kappa shape index (κ1) is 10.2. The van der Waals surface area contributed by atoms with Gasteiger partial charge in [-0.25, -0.2) is 4.98 Å². The number of rotatable bonds is 4. The molecule has 1 heterocycles. The van der Waals surface area contributed by atoms with E-state index in [-0.39, 0.29) is 11.6 Å². The fraction of sp³-hybridized carbons (Fsp3) is 0.429. The van der Waals surface area contributed by atoms with Crippen molar-refractivity contribution in [2.24, 2.45) is 0 Å². The van der Waals surface area contributed by atoms with Crippen LogP contribution in [0.15, 0.2) is 6.20 Å². The summed E-state index contributed by atoms with van der Waals surface area (Å²) >= 11 is 0. The van der Waals surface area contributed by atoms with E-state index in [4.69, 9.17) is 4.74 Å². The summed E-state index contributed by atoms with van der Waals surface area (Å²) in [4.78, 5) is 17.5. The highest BCUT2D eigenvalue weighted by molar-refractivity contribution is 5.42. The second kappa shape index (κ2) is 4.35. The Bertz CT molecular complexity index is 342. The molecule has 0 aliphatic carbocycles. The fourth-order valence-corrected chi connectivity index (χ4v) is 0.848. The maximum Gasteiger partial charge on any atom is 0.349 e. The fourth-order valence-electron chi connectivity index (χ4n) is 0.848. The lowest BCUT2D eigenvalue weighted by Crippen LogP contribution is -2.04. The summed E-state index contributed by atoms with van der Waals surface area (Å²) in [5, 5.41) is 13.2. The van der Waals surface area contributed by atoms with Crippen molar-refractivity contribution in [2.75, 3.05) is 19.0 Å². The SMILES string of the molecule is CCOc1nc(NC)ncc1[N+](=O)[O-]. The van der Waals surface area contributed by atoms with Crippen molar-refractivity contribution < 1.29 is 9.66 Å². The third-order valence-corrected chi connectivity index (χ3v) is 1.44. The molecule has 0 bridgehead atoms. The van der Waals surface area contributed by atoms with Crippen molar-refractivity contribution in [3.63, 3.8) is 0 Å². The third-order valence-electron chi connectivity index (χ3n) is 1.44. The van der Waals surface area contributed by atoms with E-state index in [0.717, 1.165) is 6.20 Å².